The van der Waals surface area contributed by atoms with Crippen molar-refractivity contribution in [3.8, 4) is 0 Å². The van der Waals surface area contributed by atoms with Gasteiger partial charge in [0.25, 0.3) is 0 Å². The van der Waals surface area contributed by atoms with Gasteiger partial charge in [-0.3, -0.25) is 0 Å². The van der Waals surface area contributed by atoms with E-state index in [0.717, 1.165) is 0 Å². The van der Waals surface area contributed by atoms with Crippen LogP contribution in [0.4, 0.5) is 0 Å². The maximum atomic E-state index is 0. The van der Waals surface area contributed by atoms with Crippen LogP contribution in [0.3, 0.4) is 0 Å². The van der Waals surface area contributed by atoms with Crippen LogP contribution in [0.15, 0.2) is 0 Å². The van der Waals surface area contributed by atoms with Crippen molar-refractivity contribution in [2.45, 2.75) is 0 Å². The summed E-state index contributed by atoms with van der Waals surface area (Å²) in [5, 5.41) is 0. The van der Waals surface area contributed by atoms with Gasteiger partial charge in [-0.15, -0.1) is 0 Å². The average molecular weight is 763 g/mol. The molecular formula is Cd6Y. The first-order chi connectivity index (χ1) is 0. The zero-order chi connectivity index (χ0) is 0. The monoisotopic (exact) mass is 772 g/mol. The van der Waals surface area contributed by atoms with Crippen molar-refractivity contribution in [2.75, 3.05) is 0 Å². The summed E-state index contributed by atoms with van der Waals surface area (Å²) in [4.78, 5) is 0. The zero-order valence-electron chi connectivity index (χ0n) is 4.82. The first kappa shape index (κ1) is 49.4. The zero-order valence-corrected chi connectivity index (χ0v) is 31.9. The maximum Gasteiger partial charge on any atom is 0 e. The molecule has 1 radical (unpaired) electrons. The maximum absolute atomic E-state index is 0. The van der Waals surface area contributed by atoms with Gasteiger partial charge in [0, 0.05) is 197 Å². The Labute approximate surface area is 190 Å². The third-order valence-electron chi connectivity index (χ3n) is 0. The molecule has 0 aliphatic heterocycles. The van der Waals surface area contributed by atoms with Crippen LogP contribution in [0, 0.1) is 0 Å². The Morgan fingerprint density at radius 1 is 0.286 bits per heavy atom. The molecule has 0 aromatic heterocycles. The second-order valence-corrected chi connectivity index (χ2v) is 0. The number of hydrogen-bond acceptors (Lipinski definition) is 0. The molecule has 0 N–H and O–H groups in total. The van der Waals surface area contributed by atoms with Gasteiger partial charge >= 0.3 is 0 Å². The molecule has 0 bridgehead atoms. The van der Waals surface area contributed by atoms with Gasteiger partial charge in [-0.1, -0.05) is 0 Å². The fraction of sp³-hybridized carbons (Fsp3) is 0. The fourth-order valence-electron chi connectivity index (χ4n) is 0. The van der Waals surface area contributed by atoms with E-state index in [9.17, 15) is 0 Å². The van der Waals surface area contributed by atoms with E-state index in [0.29, 0.717) is 0 Å². The van der Waals surface area contributed by atoms with Gasteiger partial charge in [0.2, 0.25) is 0 Å². The van der Waals surface area contributed by atoms with Crippen LogP contribution in [0.25, 0.3) is 0 Å². The van der Waals surface area contributed by atoms with E-state index < -0.39 is 0 Å². The quantitative estimate of drug-likeness (QED) is 0.305. The van der Waals surface area contributed by atoms with Crippen LogP contribution >= 0.6 is 0 Å². The van der Waals surface area contributed by atoms with Gasteiger partial charge in [-0.25, -0.2) is 0 Å². The predicted molar refractivity (Wildman–Crippen MR) is 0 cm³/mol. The van der Waals surface area contributed by atoms with E-state index in [1.165, 1.54) is 0 Å². The van der Waals surface area contributed by atoms with Crippen LogP contribution in [-0.4, -0.2) is 0 Å². The summed E-state index contributed by atoms with van der Waals surface area (Å²) < 4.78 is 0. The van der Waals surface area contributed by atoms with E-state index >= 15 is 0 Å². The Morgan fingerprint density at radius 3 is 0.286 bits per heavy atom. The molecule has 0 rings (SSSR count). The molecule has 15 valence electrons. The molecule has 0 nitrogen and oxygen atoms in total. The summed E-state index contributed by atoms with van der Waals surface area (Å²) in [5.41, 5.74) is 0. The molecule has 0 aromatic rings. The van der Waals surface area contributed by atoms with Crippen molar-refractivity contribution in [1.82, 2.24) is 0 Å². The topological polar surface area (TPSA) is 0 Å². The molecule has 0 aromatic carbocycles. The van der Waals surface area contributed by atoms with Crippen molar-refractivity contribution in [3.63, 3.8) is 0 Å². The Bertz CT molecular complexity index is 4.14. The second kappa shape index (κ2) is 38.9. The van der Waals surface area contributed by atoms with Crippen LogP contribution in [0.2, 0.25) is 0 Å². The van der Waals surface area contributed by atoms with E-state index in [1.807, 2.05) is 0 Å². The van der Waals surface area contributed by atoms with Gasteiger partial charge < -0.3 is 0 Å². The van der Waals surface area contributed by atoms with Crippen LogP contribution < -0.4 is 0 Å². The van der Waals surface area contributed by atoms with Crippen molar-refractivity contribution in [3.05, 3.63) is 0 Å². The standard InChI is InChI=1S/6Cd.Y. The van der Waals surface area contributed by atoms with Gasteiger partial charge in [0.05, 0.1) is 0 Å². The van der Waals surface area contributed by atoms with Crippen LogP contribution in [0.1, 0.15) is 0 Å². The van der Waals surface area contributed by atoms with Gasteiger partial charge in [0.15, 0.2) is 0 Å². The molecule has 0 spiro atoms. The Balaban J connectivity index is 0. The van der Waals surface area contributed by atoms with Gasteiger partial charge in [-0.05, 0) is 0 Å². The molecule has 0 saturated heterocycles. The van der Waals surface area contributed by atoms with Crippen LogP contribution in [0.5, 0.6) is 0 Å². The molecule has 0 saturated carbocycles. The molecule has 0 fully saturated rings. The summed E-state index contributed by atoms with van der Waals surface area (Å²) in [6, 6.07) is 0. The molecular weight excluding hydrogens is 763 g/mol. The fourth-order valence-corrected chi connectivity index (χ4v) is 0. The summed E-state index contributed by atoms with van der Waals surface area (Å²) in [6.45, 7) is 0. The molecule has 0 heterocycles. The molecule has 0 atom stereocenters. The van der Waals surface area contributed by atoms with E-state index in [4.69, 9.17) is 0 Å². The smallest absolute Gasteiger partial charge is 0 e. The number of rotatable bonds is 0. The summed E-state index contributed by atoms with van der Waals surface area (Å²) >= 11 is 0. The average Bonchev–Trinajstić information content (AvgIpc) is 0. The largest absolute Gasteiger partial charge is 0 e. The minimum absolute atomic E-state index is 0. The molecule has 0 unspecified atom stereocenters. The minimum atomic E-state index is 0. The molecule has 7 heavy (non-hydrogen) atoms. The van der Waals surface area contributed by atoms with Gasteiger partial charge in [0.1, 0.15) is 0 Å². The predicted octanol–water partition coefficient (Wildman–Crippen LogP) is -0.0175. The summed E-state index contributed by atoms with van der Waals surface area (Å²) in [7, 11) is 0. The van der Waals surface area contributed by atoms with Crippen molar-refractivity contribution in [2.24, 2.45) is 0 Å². The number of hydrogen-bond donors (Lipinski definition) is 0. The SMILES string of the molecule is [Cd].[Cd].[Cd].[Cd].[Cd].[Cd].[Y]. The van der Waals surface area contributed by atoms with Crippen LogP contribution in [-0.2, 0) is 197 Å². The molecule has 0 aliphatic rings. The van der Waals surface area contributed by atoms with E-state index in [2.05, 4.69) is 0 Å². The van der Waals surface area contributed by atoms with E-state index in [-0.39, 0.29) is 197 Å². The summed E-state index contributed by atoms with van der Waals surface area (Å²) in [5.74, 6) is 0. The Morgan fingerprint density at radius 2 is 0.286 bits per heavy atom. The first-order valence-electron chi connectivity index (χ1n) is 0. The van der Waals surface area contributed by atoms with Gasteiger partial charge in [-0.2, -0.15) is 0 Å². The van der Waals surface area contributed by atoms with E-state index in [1.54, 1.807) is 0 Å². The second-order valence-electron chi connectivity index (χ2n) is 0. The molecule has 0 aliphatic carbocycles. The van der Waals surface area contributed by atoms with Crippen molar-refractivity contribution < 1.29 is 197 Å². The third kappa shape index (κ3) is 32.5. The molecule has 7 heteroatoms. The molecule has 0 amide bonds. The minimum Gasteiger partial charge on any atom is 0 e. The summed E-state index contributed by atoms with van der Waals surface area (Å²) in [6.07, 6.45) is 0. The Kier molecular flexibility index (Phi) is 274. The Hall–Kier alpha value is 6.64. The van der Waals surface area contributed by atoms with Crippen molar-refractivity contribution in [1.29, 1.82) is 0 Å². The normalized spacial score (nSPS) is 0. The third-order valence-corrected chi connectivity index (χ3v) is 0. The first-order valence-corrected chi connectivity index (χ1v) is 0. The van der Waals surface area contributed by atoms with Crippen molar-refractivity contribution >= 4 is 0 Å².